The summed E-state index contributed by atoms with van der Waals surface area (Å²) in [5, 5.41) is 20.5. The maximum atomic E-state index is 13.5. The van der Waals surface area contributed by atoms with E-state index in [0.29, 0.717) is 29.9 Å². The molecule has 0 spiro atoms. The van der Waals surface area contributed by atoms with Gasteiger partial charge in [0.1, 0.15) is 17.4 Å². The van der Waals surface area contributed by atoms with Crippen LogP contribution in [0, 0.1) is 17.1 Å². The summed E-state index contributed by atoms with van der Waals surface area (Å²) < 4.78 is 13.5. The van der Waals surface area contributed by atoms with Gasteiger partial charge >= 0.3 is 0 Å². The summed E-state index contributed by atoms with van der Waals surface area (Å²) in [6.07, 6.45) is 1.39. The van der Waals surface area contributed by atoms with Gasteiger partial charge in [-0.25, -0.2) is 4.39 Å². The monoisotopic (exact) mass is 304 g/mol. The molecule has 0 aliphatic rings. The molecule has 0 bridgehead atoms. The Morgan fingerprint density at radius 1 is 1.29 bits per heavy atom. The number of nitriles is 1. The molecule has 0 radical (unpaired) electrons. The fraction of sp³-hybridized carbons (Fsp3) is 0.267. The van der Waals surface area contributed by atoms with E-state index in [4.69, 9.17) is 11.6 Å². The minimum atomic E-state index is -0.533. The van der Waals surface area contributed by atoms with Gasteiger partial charge in [0.05, 0.1) is 10.7 Å². The van der Waals surface area contributed by atoms with Crippen molar-refractivity contribution in [1.29, 1.82) is 5.26 Å². The summed E-state index contributed by atoms with van der Waals surface area (Å²) in [6.45, 7) is 3.93. The van der Waals surface area contributed by atoms with Gasteiger partial charge in [-0.3, -0.25) is 0 Å². The number of hydrogen-bond acceptors (Lipinski definition) is 4. The third-order valence-corrected chi connectivity index (χ3v) is 3.45. The minimum Gasteiger partial charge on any atom is -0.338 e. The predicted octanol–water partition coefficient (Wildman–Crippen LogP) is 4.01. The first-order valence-electron chi connectivity index (χ1n) is 6.61. The SMILES string of the molecule is CCc1nnc(Nc2ccc(Cl)c(F)c2)c(C#N)c1CC. The molecule has 0 aliphatic carbocycles. The summed E-state index contributed by atoms with van der Waals surface area (Å²) in [6, 6.07) is 6.47. The normalized spacial score (nSPS) is 10.2. The molecule has 0 fully saturated rings. The molecule has 1 aromatic carbocycles. The van der Waals surface area contributed by atoms with Crippen LogP contribution in [0.4, 0.5) is 15.9 Å². The Labute approximate surface area is 127 Å². The Balaban J connectivity index is 2.44. The lowest BCUT2D eigenvalue weighted by molar-refractivity contribution is 0.629. The smallest absolute Gasteiger partial charge is 0.171 e. The Kier molecular flexibility index (Phi) is 4.71. The molecule has 0 amide bonds. The van der Waals surface area contributed by atoms with E-state index in [9.17, 15) is 9.65 Å². The summed E-state index contributed by atoms with van der Waals surface area (Å²) >= 11 is 5.65. The van der Waals surface area contributed by atoms with E-state index in [2.05, 4.69) is 21.6 Å². The highest BCUT2D eigenvalue weighted by Crippen LogP contribution is 2.25. The molecule has 0 aliphatic heterocycles. The van der Waals surface area contributed by atoms with Gasteiger partial charge in [-0.05, 0) is 36.6 Å². The van der Waals surface area contributed by atoms with Crippen LogP contribution >= 0.6 is 11.6 Å². The van der Waals surface area contributed by atoms with Crippen molar-refractivity contribution in [3.63, 3.8) is 0 Å². The lowest BCUT2D eigenvalue weighted by Crippen LogP contribution is -2.07. The minimum absolute atomic E-state index is 0.0442. The average Bonchev–Trinajstić information content (AvgIpc) is 2.50. The molecular formula is C15H14ClFN4. The number of anilines is 2. The molecule has 0 saturated heterocycles. The zero-order valence-electron chi connectivity index (χ0n) is 11.7. The predicted molar refractivity (Wildman–Crippen MR) is 80.2 cm³/mol. The maximum absolute atomic E-state index is 13.5. The van der Waals surface area contributed by atoms with E-state index in [1.54, 1.807) is 6.07 Å². The molecule has 2 rings (SSSR count). The fourth-order valence-electron chi connectivity index (χ4n) is 2.09. The first kappa shape index (κ1) is 15.2. The van der Waals surface area contributed by atoms with Gasteiger partial charge in [-0.15, -0.1) is 5.10 Å². The highest BCUT2D eigenvalue weighted by atomic mass is 35.5. The van der Waals surface area contributed by atoms with Crippen molar-refractivity contribution in [2.75, 3.05) is 5.32 Å². The first-order chi connectivity index (χ1) is 10.1. The highest BCUT2D eigenvalue weighted by molar-refractivity contribution is 6.30. The summed E-state index contributed by atoms with van der Waals surface area (Å²) in [5.41, 5.74) is 2.59. The second-order valence-corrected chi connectivity index (χ2v) is 4.83. The summed E-state index contributed by atoms with van der Waals surface area (Å²) in [7, 11) is 0. The Morgan fingerprint density at radius 2 is 2.05 bits per heavy atom. The molecular weight excluding hydrogens is 291 g/mol. The van der Waals surface area contributed by atoms with E-state index in [0.717, 1.165) is 11.3 Å². The molecule has 1 aromatic heterocycles. The van der Waals surface area contributed by atoms with Crippen molar-refractivity contribution in [3.8, 4) is 6.07 Å². The van der Waals surface area contributed by atoms with Crippen LogP contribution in [0.5, 0.6) is 0 Å². The van der Waals surface area contributed by atoms with Gasteiger partial charge in [-0.2, -0.15) is 10.4 Å². The number of halogens is 2. The van der Waals surface area contributed by atoms with Crippen molar-refractivity contribution in [1.82, 2.24) is 10.2 Å². The molecule has 4 nitrogen and oxygen atoms in total. The number of benzene rings is 1. The van der Waals surface area contributed by atoms with Gasteiger partial charge in [0, 0.05) is 5.69 Å². The van der Waals surface area contributed by atoms with Crippen LogP contribution in [0.25, 0.3) is 0 Å². The van der Waals surface area contributed by atoms with Gasteiger partial charge in [-0.1, -0.05) is 25.4 Å². The van der Waals surface area contributed by atoms with E-state index >= 15 is 0 Å². The number of aryl methyl sites for hydroxylation is 1. The van der Waals surface area contributed by atoms with Crippen LogP contribution in [0.15, 0.2) is 18.2 Å². The number of rotatable bonds is 4. The molecule has 0 unspecified atom stereocenters. The molecule has 108 valence electrons. The number of nitrogens with one attached hydrogen (secondary N) is 1. The van der Waals surface area contributed by atoms with Crippen molar-refractivity contribution in [2.45, 2.75) is 26.7 Å². The third kappa shape index (κ3) is 3.11. The van der Waals surface area contributed by atoms with Crippen molar-refractivity contribution >= 4 is 23.1 Å². The molecule has 2 aromatic rings. The largest absolute Gasteiger partial charge is 0.338 e. The first-order valence-corrected chi connectivity index (χ1v) is 6.99. The Bertz CT molecular complexity index is 710. The number of hydrogen-bond donors (Lipinski definition) is 1. The van der Waals surface area contributed by atoms with Crippen LogP contribution in [0.2, 0.25) is 5.02 Å². The van der Waals surface area contributed by atoms with Gasteiger partial charge < -0.3 is 5.32 Å². The Hall–Kier alpha value is -2.19. The second-order valence-electron chi connectivity index (χ2n) is 4.42. The van der Waals surface area contributed by atoms with Crippen LogP contribution < -0.4 is 5.32 Å². The van der Waals surface area contributed by atoms with Crippen molar-refractivity contribution < 1.29 is 4.39 Å². The van der Waals surface area contributed by atoms with Crippen molar-refractivity contribution in [3.05, 3.63) is 45.9 Å². The Morgan fingerprint density at radius 3 is 2.62 bits per heavy atom. The lowest BCUT2D eigenvalue weighted by atomic mass is 10.0. The van der Waals surface area contributed by atoms with E-state index < -0.39 is 5.82 Å². The maximum Gasteiger partial charge on any atom is 0.171 e. The molecule has 0 atom stereocenters. The molecule has 1 heterocycles. The van der Waals surface area contributed by atoms with Crippen LogP contribution in [-0.4, -0.2) is 10.2 Å². The lowest BCUT2D eigenvalue weighted by Gasteiger charge is -2.12. The van der Waals surface area contributed by atoms with Crippen LogP contribution in [0.1, 0.15) is 30.7 Å². The van der Waals surface area contributed by atoms with E-state index in [-0.39, 0.29) is 5.02 Å². The highest BCUT2D eigenvalue weighted by Gasteiger charge is 2.14. The van der Waals surface area contributed by atoms with E-state index in [1.165, 1.54) is 12.1 Å². The summed E-state index contributed by atoms with van der Waals surface area (Å²) in [5.74, 6) is -0.206. The number of nitrogens with zero attached hydrogens (tertiary/aromatic N) is 3. The van der Waals surface area contributed by atoms with Crippen molar-refractivity contribution in [2.24, 2.45) is 0 Å². The van der Waals surface area contributed by atoms with Gasteiger partial charge in [0.25, 0.3) is 0 Å². The molecule has 0 saturated carbocycles. The standard InChI is InChI=1S/C15H14ClFN4/c1-3-10-11(8-18)15(21-20-14(10)4-2)19-9-5-6-12(16)13(17)7-9/h5-7H,3-4H2,1-2H3,(H,19,21). The van der Waals surface area contributed by atoms with E-state index in [1.807, 2.05) is 13.8 Å². The van der Waals surface area contributed by atoms with Gasteiger partial charge in [0.2, 0.25) is 0 Å². The molecule has 1 N–H and O–H groups in total. The molecule has 21 heavy (non-hydrogen) atoms. The topological polar surface area (TPSA) is 61.6 Å². The third-order valence-electron chi connectivity index (χ3n) is 3.14. The number of aromatic nitrogens is 2. The second kappa shape index (κ2) is 6.51. The zero-order chi connectivity index (χ0) is 15.4. The fourth-order valence-corrected chi connectivity index (χ4v) is 2.21. The zero-order valence-corrected chi connectivity index (χ0v) is 12.5. The quantitative estimate of drug-likeness (QED) is 0.927. The van der Waals surface area contributed by atoms with Crippen LogP contribution in [0.3, 0.4) is 0 Å². The molecule has 6 heteroatoms. The van der Waals surface area contributed by atoms with Gasteiger partial charge in [0.15, 0.2) is 5.82 Å². The average molecular weight is 305 g/mol. The summed E-state index contributed by atoms with van der Waals surface area (Å²) in [4.78, 5) is 0. The van der Waals surface area contributed by atoms with Crippen LogP contribution in [-0.2, 0) is 12.8 Å².